The van der Waals surface area contributed by atoms with E-state index in [9.17, 15) is 4.79 Å². The Morgan fingerprint density at radius 1 is 1.00 bits per heavy atom. The fraction of sp³-hybridized carbons (Fsp3) is 0.533. The second-order valence-electron chi connectivity index (χ2n) is 4.79. The van der Waals surface area contributed by atoms with Gasteiger partial charge in [0.2, 0.25) is 0 Å². The number of nitrogens with two attached hydrogens (primary N) is 2. The lowest BCUT2D eigenvalue weighted by Crippen LogP contribution is -2.07. The minimum Gasteiger partial charge on any atom is -0.462 e. The zero-order valence-corrected chi connectivity index (χ0v) is 11.7. The Morgan fingerprint density at radius 3 is 2.21 bits per heavy atom. The molecule has 0 spiro atoms. The van der Waals surface area contributed by atoms with E-state index >= 15 is 0 Å². The van der Waals surface area contributed by atoms with Gasteiger partial charge in [-0.15, -0.1) is 0 Å². The summed E-state index contributed by atoms with van der Waals surface area (Å²) in [5, 5.41) is 0. The van der Waals surface area contributed by atoms with Crippen LogP contribution in [0.2, 0.25) is 0 Å². The topological polar surface area (TPSA) is 78.3 Å². The highest BCUT2D eigenvalue weighted by Gasteiger charge is 2.08. The van der Waals surface area contributed by atoms with Crippen molar-refractivity contribution >= 4 is 17.3 Å². The summed E-state index contributed by atoms with van der Waals surface area (Å²) in [6.07, 6.45) is 7.00. The van der Waals surface area contributed by atoms with Crippen molar-refractivity contribution in [2.75, 3.05) is 18.1 Å². The Kier molecular flexibility index (Phi) is 6.79. The van der Waals surface area contributed by atoms with Crippen molar-refractivity contribution in [1.29, 1.82) is 0 Å². The van der Waals surface area contributed by atoms with Gasteiger partial charge in [-0.3, -0.25) is 0 Å². The molecule has 0 saturated heterocycles. The van der Waals surface area contributed by atoms with Gasteiger partial charge >= 0.3 is 5.97 Å². The van der Waals surface area contributed by atoms with E-state index in [-0.39, 0.29) is 5.97 Å². The number of hydrogen-bond acceptors (Lipinski definition) is 4. The quantitative estimate of drug-likeness (QED) is 0.428. The van der Waals surface area contributed by atoms with Gasteiger partial charge in [-0.05, 0) is 24.6 Å². The molecule has 0 aliphatic carbocycles. The van der Waals surface area contributed by atoms with E-state index in [0.29, 0.717) is 23.5 Å². The average Bonchev–Trinajstić information content (AvgIpc) is 2.36. The Labute approximate surface area is 115 Å². The van der Waals surface area contributed by atoms with Crippen LogP contribution in [0.25, 0.3) is 0 Å². The standard InChI is InChI=1S/C15H24N2O2/c1-2-3-4-5-6-7-8-19-15(18)12-9-13(16)11-14(17)10-12/h9-11H,2-8,16-17H2,1H3. The summed E-state index contributed by atoms with van der Waals surface area (Å²) in [5.41, 5.74) is 12.6. The predicted octanol–water partition coefficient (Wildman–Crippen LogP) is 3.37. The van der Waals surface area contributed by atoms with Gasteiger partial charge in [-0.2, -0.15) is 0 Å². The monoisotopic (exact) mass is 264 g/mol. The second-order valence-corrected chi connectivity index (χ2v) is 4.79. The molecule has 106 valence electrons. The van der Waals surface area contributed by atoms with Crippen molar-refractivity contribution in [3.8, 4) is 0 Å². The highest BCUT2D eigenvalue weighted by Crippen LogP contribution is 2.14. The molecule has 19 heavy (non-hydrogen) atoms. The molecule has 4 nitrogen and oxygen atoms in total. The molecule has 0 radical (unpaired) electrons. The molecule has 1 rings (SSSR count). The Bertz CT molecular complexity index is 385. The summed E-state index contributed by atoms with van der Waals surface area (Å²) >= 11 is 0. The number of rotatable bonds is 8. The third kappa shape index (κ3) is 6.13. The molecule has 0 aromatic heterocycles. The van der Waals surface area contributed by atoms with E-state index in [4.69, 9.17) is 16.2 Å². The average molecular weight is 264 g/mol. The molecule has 1 aromatic carbocycles. The van der Waals surface area contributed by atoms with Gasteiger partial charge in [0.25, 0.3) is 0 Å². The van der Waals surface area contributed by atoms with Crippen LogP contribution >= 0.6 is 0 Å². The van der Waals surface area contributed by atoms with Crippen LogP contribution in [0, 0.1) is 0 Å². The minimum atomic E-state index is -0.354. The first-order valence-corrected chi connectivity index (χ1v) is 6.96. The third-order valence-corrected chi connectivity index (χ3v) is 2.94. The van der Waals surface area contributed by atoms with E-state index in [0.717, 1.165) is 12.8 Å². The van der Waals surface area contributed by atoms with E-state index < -0.39 is 0 Å². The number of carbonyl (C=O) groups is 1. The van der Waals surface area contributed by atoms with E-state index in [2.05, 4.69) is 6.92 Å². The maximum absolute atomic E-state index is 11.8. The Balaban J connectivity index is 2.24. The lowest BCUT2D eigenvalue weighted by Gasteiger charge is -2.06. The third-order valence-electron chi connectivity index (χ3n) is 2.94. The first-order valence-electron chi connectivity index (χ1n) is 6.96. The summed E-state index contributed by atoms with van der Waals surface area (Å²) < 4.78 is 5.19. The number of ether oxygens (including phenoxy) is 1. The molecule has 0 atom stereocenters. The highest BCUT2D eigenvalue weighted by molar-refractivity contribution is 5.91. The first-order chi connectivity index (χ1) is 9.13. The molecule has 0 saturated carbocycles. The maximum atomic E-state index is 11.8. The van der Waals surface area contributed by atoms with Crippen molar-refractivity contribution in [3.63, 3.8) is 0 Å². The zero-order valence-electron chi connectivity index (χ0n) is 11.7. The number of unbranched alkanes of at least 4 members (excludes halogenated alkanes) is 5. The predicted molar refractivity (Wildman–Crippen MR) is 78.9 cm³/mol. The van der Waals surface area contributed by atoms with Crippen LogP contribution in [0.5, 0.6) is 0 Å². The maximum Gasteiger partial charge on any atom is 0.338 e. The van der Waals surface area contributed by atoms with Crippen LogP contribution in [0.3, 0.4) is 0 Å². The smallest absolute Gasteiger partial charge is 0.338 e. The number of anilines is 2. The molecule has 0 fully saturated rings. The van der Waals surface area contributed by atoms with Crippen LogP contribution in [0.15, 0.2) is 18.2 Å². The van der Waals surface area contributed by atoms with Crippen molar-refractivity contribution in [2.45, 2.75) is 45.4 Å². The fourth-order valence-corrected chi connectivity index (χ4v) is 1.93. The van der Waals surface area contributed by atoms with Crippen LogP contribution in [0.1, 0.15) is 55.8 Å². The molecule has 1 aromatic rings. The second kappa shape index (κ2) is 8.40. The molecule has 0 aliphatic heterocycles. The first kappa shape index (κ1) is 15.3. The molecule has 4 heteroatoms. The SMILES string of the molecule is CCCCCCCCOC(=O)c1cc(N)cc(N)c1. The summed E-state index contributed by atoms with van der Waals surface area (Å²) in [5.74, 6) is -0.354. The zero-order chi connectivity index (χ0) is 14.1. The lowest BCUT2D eigenvalue weighted by atomic mass is 10.1. The van der Waals surface area contributed by atoms with E-state index in [1.807, 2.05) is 0 Å². The van der Waals surface area contributed by atoms with Crippen molar-refractivity contribution in [1.82, 2.24) is 0 Å². The van der Waals surface area contributed by atoms with E-state index in [1.54, 1.807) is 18.2 Å². The molecular weight excluding hydrogens is 240 g/mol. The minimum absolute atomic E-state index is 0.354. The molecule has 0 unspecified atom stereocenters. The largest absolute Gasteiger partial charge is 0.462 e. The Morgan fingerprint density at radius 2 is 1.58 bits per heavy atom. The van der Waals surface area contributed by atoms with Crippen molar-refractivity contribution in [3.05, 3.63) is 23.8 Å². The molecule has 0 heterocycles. The molecule has 0 aliphatic rings. The van der Waals surface area contributed by atoms with Crippen molar-refractivity contribution in [2.24, 2.45) is 0 Å². The van der Waals surface area contributed by atoms with Gasteiger partial charge in [0.15, 0.2) is 0 Å². The van der Waals surface area contributed by atoms with Gasteiger partial charge in [-0.25, -0.2) is 4.79 Å². The van der Waals surface area contributed by atoms with E-state index in [1.165, 1.54) is 25.7 Å². The van der Waals surface area contributed by atoms with Gasteiger partial charge in [0.05, 0.1) is 12.2 Å². The van der Waals surface area contributed by atoms with Crippen LogP contribution in [-0.2, 0) is 4.74 Å². The summed E-state index contributed by atoms with van der Waals surface area (Å²) in [6, 6.07) is 4.78. The number of esters is 1. The number of carbonyl (C=O) groups excluding carboxylic acids is 1. The molecular formula is C15H24N2O2. The van der Waals surface area contributed by atoms with Gasteiger partial charge in [-0.1, -0.05) is 39.0 Å². The summed E-state index contributed by atoms with van der Waals surface area (Å²) in [6.45, 7) is 2.65. The Hall–Kier alpha value is -1.71. The number of benzene rings is 1. The summed E-state index contributed by atoms with van der Waals surface area (Å²) in [4.78, 5) is 11.8. The normalized spacial score (nSPS) is 10.4. The van der Waals surface area contributed by atoms with Gasteiger partial charge < -0.3 is 16.2 Å². The highest BCUT2D eigenvalue weighted by atomic mass is 16.5. The van der Waals surface area contributed by atoms with Crippen LogP contribution in [-0.4, -0.2) is 12.6 Å². The summed E-state index contributed by atoms with van der Waals surface area (Å²) in [7, 11) is 0. The van der Waals surface area contributed by atoms with Gasteiger partial charge in [0, 0.05) is 11.4 Å². The van der Waals surface area contributed by atoms with Gasteiger partial charge in [0.1, 0.15) is 0 Å². The fourth-order valence-electron chi connectivity index (χ4n) is 1.93. The molecule has 4 N–H and O–H groups in total. The van der Waals surface area contributed by atoms with Crippen LogP contribution < -0.4 is 11.5 Å². The number of hydrogen-bond donors (Lipinski definition) is 2. The molecule has 0 amide bonds. The molecule has 0 bridgehead atoms. The van der Waals surface area contributed by atoms with Crippen LogP contribution in [0.4, 0.5) is 11.4 Å². The number of nitrogen functional groups attached to an aromatic ring is 2. The lowest BCUT2D eigenvalue weighted by molar-refractivity contribution is 0.0498. The van der Waals surface area contributed by atoms with Crippen molar-refractivity contribution < 1.29 is 9.53 Å².